The molecule has 1 atom stereocenters. The first-order chi connectivity index (χ1) is 5.20. The van der Waals surface area contributed by atoms with Crippen LogP contribution in [0.1, 0.15) is 6.42 Å². The van der Waals surface area contributed by atoms with Gasteiger partial charge in [0, 0.05) is 6.42 Å². The molecule has 1 aliphatic rings. The van der Waals surface area contributed by atoms with E-state index in [2.05, 4.69) is 5.32 Å². The van der Waals surface area contributed by atoms with Gasteiger partial charge in [-0.2, -0.15) is 0 Å². The first-order valence-corrected chi connectivity index (χ1v) is 3.31. The molecule has 5 heteroatoms. The molecule has 62 valence electrons. The third-order valence-corrected chi connectivity index (χ3v) is 1.41. The van der Waals surface area contributed by atoms with E-state index in [1.165, 1.54) is 0 Å². The topological polar surface area (TPSA) is 75.6 Å². The lowest BCUT2D eigenvalue weighted by atomic mass is 10.3. The van der Waals surface area contributed by atoms with E-state index in [1.54, 1.807) is 0 Å². The fourth-order valence-electron chi connectivity index (χ4n) is 0.806. The van der Waals surface area contributed by atoms with Gasteiger partial charge >= 0.3 is 5.97 Å². The third kappa shape index (κ3) is 2.19. The van der Waals surface area contributed by atoms with Crippen molar-refractivity contribution in [1.82, 2.24) is 5.32 Å². The third-order valence-electron chi connectivity index (χ3n) is 1.41. The van der Waals surface area contributed by atoms with Crippen molar-refractivity contribution >= 4 is 11.9 Å². The maximum Gasteiger partial charge on any atom is 0.334 e. The SMILES string of the molecule is O=C1CCOC(C(=O)O)CN1. The lowest BCUT2D eigenvalue weighted by Crippen LogP contribution is -2.34. The molecule has 0 radical (unpaired) electrons. The highest BCUT2D eigenvalue weighted by atomic mass is 16.5. The quantitative estimate of drug-likeness (QED) is 0.513. The van der Waals surface area contributed by atoms with E-state index in [9.17, 15) is 9.59 Å². The number of amides is 1. The normalized spacial score (nSPS) is 25.5. The van der Waals surface area contributed by atoms with Gasteiger partial charge in [-0.15, -0.1) is 0 Å². The Morgan fingerprint density at radius 1 is 1.73 bits per heavy atom. The lowest BCUT2D eigenvalue weighted by Gasteiger charge is -2.07. The zero-order valence-corrected chi connectivity index (χ0v) is 5.87. The molecule has 1 amide bonds. The van der Waals surface area contributed by atoms with Crippen LogP contribution in [0.15, 0.2) is 0 Å². The van der Waals surface area contributed by atoms with Crippen LogP contribution in [0.4, 0.5) is 0 Å². The highest BCUT2D eigenvalue weighted by molar-refractivity contribution is 5.78. The fraction of sp³-hybridized carbons (Fsp3) is 0.667. The van der Waals surface area contributed by atoms with Crippen molar-refractivity contribution in [1.29, 1.82) is 0 Å². The second-order valence-electron chi connectivity index (χ2n) is 2.25. The van der Waals surface area contributed by atoms with Gasteiger partial charge in [0.2, 0.25) is 5.91 Å². The molecule has 1 heterocycles. The van der Waals surface area contributed by atoms with Gasteiger partial charge in [0.05, 0.1) is 13.2 Å². The summed E-state index contributed by atoms with van der Waals surface area (Å²) in [6, 6.07) is 0. The summed E-state index contributed by atoms with van der Waals surface area (Å²) >= 11 is 0. The van der Waals surface area contributed by atoms with E-state index in [4.69, 9.17) is 9.84 Å². The summed E-state index contributed by atoms with van der Waals surface area (Å²) in [5.41, 5.74) is 0. The van der Waals surface area contributed by atoms with Crippen molar-refractivity contribution in [3.05, 3.63) is 0 Å². The maximum absolute atomic E-state index is 10.7. The Balaban J connectivity index is 2.46. The van der Waals surface area contributed by atoms with Crippen LogP contribution in [0.25, 0.3) is 0 Å². The summed E-state index contributed by atoms with van der Waals surface area (Å²) in [5.74, 6) is -1.19. The zero-order chi connectivity index (χ0) is 8.27. The summed E-state index contributed by atoms with van der Waals surface area (Å²) in [4.78, 5) is 21.0. The highest BCUT2D eigenvalue weighted by Gasteiger charge is 2.21. The predicted molar refractivity (Wildman–Crippen MR) is 35.0 cm³/mol. The van der Waals surface area contributed by atoms with Gasteiger partial charge in [-0.25, -0.2) is 4.79 Å². The summed E-state index contributed by atoms with van der Waals surface area (Å²) in [5, 5.41) is 10.9. The Hall–Kier alpha value is -1.10. The largest absolute Gasteiger partial charge is 0.479 e. The van der Waals surface area contributed by atoms with Crippen molar-refractivity contribution in [2.45, 2.75) is 12.5 Å². The molecule has 0 saturated carbocycles. The van der Waals surface area contributed by atoms with Crippen molar-refractivity contribution < 1.29 is 19.4 Å². The van der Waals surface area contributed by atoms with E-state index >= 15 is 0 Å². The van der Waals surface area contributed by atoms with Gasteiger partial charge in [-0.05, 0) is 0 Å². The van der Waals surface area contributed by atoms with Crippen LogP contribution >= 0.6 is 0 Å². The molecule has 2 N–H and O–H groups in total. The van der Waals surface area contributed by atoms with Crippen molar-refractivity contribution in [3.8, 4) is 0 Å². The molecule has 0 aromatic carbocycles. The van der Waals surface area contributed by atoms with E-state index in [1.807, 2.05) is 0 Å². The number of hydrogen-bond acceptors (Lipinski definition) is 3. The molecule has 1 fully saturated rings. The average molecular weight is 159 g/mol. The number of ether oxygens (including phenoxy) is 1. The maximum atomic E-state index is 10.7. The molecular weight excluding hydrogens is 150 g/mol. The van der Waals surface area contributed by atoms with Crippen LogP contribution in [0.3, 0.4) is 0 Å². The standard InChI is InChI=1S/C6H9NO4/c8-5-1-2-11-4(3-7-5)6(9)10/h4H,1-3H2,(H,7,8)(H,9,10). The molecule has 5 nitrogen and oxygen atoms in total. The number of aliphatic carboxylic acids is 1. The Labute approximate surface area is 63.3 Å². The Bertz CT molecular complexity index is 179. The van der Waals surface area contributed by atoms with E-state index in [-0.39, 0.29) is 25.5 Å². The molecule has 0 aliphatic carbocycles. The van der Waals surface area contributed by atoms with E-state index in [0.717, 1.165) is 0 Å². The molecular formula is C6H9NO4. The molecule has 0 aromatic rings. The van der Waals surface area contributed by atoms with Crippen LogP contribution in [0, 0.1) is 0 Å². The zero-order valence-electron chi connectivity index (χ0n) is 5.87. The first-order valence-electron chi connectivity index (χ1n) is 3.31. The monoisotopic (exact) mass is 159 g/mol. The summed E-state index contributed by atoms with van der Waals surface area (Å²) in [6.07, 6.45) is -0.648. The molecule has 1 aliphatic heterocycles. The van der Waals surface area contributed by atoms with Crippen LogP contribution < -0.4 is 5.32 Å². The second-order valence-corrected chi connectivity index (χ2v) is 2.25. The molecule has 1 saturated heterocycles. The van der Waals surface area contributed by atoms with Gasteiger partial charge in [0.25, 0.3) is 0 Å². The fourth-order valence-corrected chi connectivity index (χ4v) is 0.806. The molecule has 1 unspecified atom stereocenters. The Morgan fingerprint density at radius 2 is 2.45 bits per heavy atom. The second kappa shape index (κ2) is 3.34. The number of hydrogen-bond donors (Lipinski definition) is 2. The van der Waals surface area contributed by atoms with Crippen LogP contribution in [0.5, 0.6) is 0 Å². The van der Waals surface area contributed by atoms with Crippen LogP contribution in [-0.2, 0) is 14.3 Å². The van der Waals surface area contributed by atoms with Crippen LogP contribution in [-0.4, -0.2) is 36.2 Å². The Morgan fingerprint density at radius 3 is 3.09 bits per heavy atom. The van der Waals surface area contributed by atoms with Gasteiger partial charge in [0.15, 0.2) is 6.10 Å². The van der Waals surface area contributed by atoms with Crippen LogP contribution in [0.2, 0.25) is 0 Å². The minimum absolute atomic E-state index is 0.0637. The predicted octanol–water partition coefficient (Wildman–Crippen LogP) is -1.02. The number of nitrogens with one attached hydrogen (secondary N) is 1. The molecule has 0 aromatic heterocycles. The summed E-state index contributed by atoms with van der Waals surface area (Å²) in [7, 11) is 0. The van der Waals surface area contributed by atoms with E-state index in [0.29, 0.717) is 0 Å². The van der Waals surface area contributed by atoms with Crippen molar-refractivity contribution in [2.75, 3.05) is 13.2 Å². The average Bonchev–Trinajstić information content (AvgIpc) is 2.13. The first kappa shape index (κ1) is 8.00. The number of carboxylic acids is 1. The molecule has 1 rings (SSSR count). The van der Waals surface area contributed by atoms with Gasteiger partial charge in [-0.1, -0.05) is 0 Å². The van der Waals surface area contributed by atoms with Gasteiger partial charge < -0.3 is 15.2 Å². The minimum Gasteiger partial charge on any atom is -0.479 e. The smallest absolute Gasteiger partial charge is 0.334 e. The van der Waals surface area contributed by atoms with Gasteiger partial charge in [0.1, 0.15) is 0 Å². The lowest BCUT2D eigenvalue weighted by molar-refractivity contribution is -0.149. The molecule has 11 heavy (non-hydrogen) atoms. The van der Waals surface area contributed by atoms with E-state index < -0.39 is 12.1 Å². The summed E-state index contributed by atoms with van der Waals surface area (Å²) in [6.45, 7) is 0.247. The number of carboxylic acid groups (broad SMARTS) is 1. The highest BCUT2D eigenvalue weighted by Crippen LogP contribution is 1.97. The van der Waals surface area contributed by atoms with Crippen molar-refractivity contribution in [2.24, 2.45) is 0 Å². The Kier molecular flexibility index (Phi) is 2.43. The number of carbonyl (C=O) groups excluding carboxylic acids is 1. The van der Waals surface area contributed by atoms with Gasteiger partial charge in [-0.3, -0.25) is 4.79 Å². The minimum atomic E-state index is -1.03. The number of carbonyl (C=O) groups is 2. The van der Waals surface area contributed by atoms with Crippen molar-refractivity contribution in [3.63, 3.8) is 0 Å². The molecule has 0 bridgehead atoms. The summed E-state index contributed by atoms with van der Waals surface area (Å²) < 4.78 is 4.85. The molecule has 0 spiro atoms. The number of rotatable bonds is 1.